The van der Waals surface area contributed by atoms with Gasteiger partial charge in [-0.05, 0) is 74.3 Å². The molecule has 0 saturated heterocycles. The second-order valence-electron chi connectivity index (χ2n) is 13.7. The number of benzene rings is 8. The van der Waals surface area contributed by atoms with Crippen molar-refractivity contribution in [1.29, 1.82) is 0 Å². The van der Waals surface area contributed by atoms with E-state index in [0.717, 1.165) is 33.8 Å². The normalized spacial score (nSPS) is 16.5. The Balaban J connectivity index is 1.25. The van der Waals surface area contributed by atoms with E-state index in [1.54, 1.807) is 0 Å². The number of hydrogen-bond acceptors (Lipinski definition) is 1. The van der Waals surface area contributed by atoms with Gasteiger partial charge in [-0.1, -0.05) is 176 Å². The summed E-state index contributed by atoms with van der Waals surface area (Å²) >= 11 is 0. The Morgan fingerprint density at radius 3 is 1.76 bits per heavy atom. The van der Waals surface area contributed by atoms with Crippen LogP contribution in [0.3, 0.4) is 0 Å². The monoisotopic (exact) mass is 638 g/mol. The topological polar surface area (TPSA) is 9.23 Å². The lowest BCUT2D eigenvalue weighted by Crippen LogP contribution is -2.34. The van der Waals surface area contributed by atoms with Crippen molar-refractivity contribution in [2.24, 2.45) is 0 Å². The van der Waals surface area contributed by atoms with Gasteiger partial charge in [0.25, 0.3) is 0 Å². The Hall–Kier alpha value is -6.18. The first-order valence-electron chi connectivity index (χ1n) is 17.4. The summed E-state index contributed by atoms with van der Waals surface area (Å²) < 4.78 is 7.04. The zero-order valence-corrected chi connectivity index (χ0v) is 27.8. The largest absolute Gasteiger partial charge is 0.456 e. The van der Waals surface area contributed by atoms with Gasteiger partial charge in [-0.25, -0.2) is 0 Å². The Morgan fingerprint density at radius 1 is 0.420 bits per heavy atom. The number of ether oxygens (including phenoxy) is 1. The van der Waals surface area contributed by atoms with Crippen LogP contribution < -0.4 is 4.74 Å². The lowest BCUT2D eigenvalue weighted by Gasteiger charge is -2.42. The van der Waals surface area contributed by atoms with Crippen molar-refractivity contribution in [2.75, 3.05) is 0 Å². The van der Waals surface area contributed by atoms with E-state index in [0.29, 0.717) is 0 Å². The summed E-state index contributed by atoms with van der Waals surface area (Å²) in [5, 5.41) is 2.57. The lowest BCUT2D eigenvalue weighted by molar-refractivity contribution is 0.436. The van der Waals surface area contributed by atoms with Crippen molar-refractivity contribution in [3.05, 3.63) is 227 Å². The summed E-state index contributed by atoms with van der Waals surface area (Å²) in [7, 11) is 0. The number of para-hydroxylation sites is 2. The molecule has 0 radical (unpaired) electrons. The van der Waals surface area contributed by atoms with Crippen LogP contribution in [0, 0.1) is 0 Å². The van der Waals surface area contributed by atoms with E-state index in [-0.39, 0.29) is 5.41 Å². The van der Waals surface area contributed by atoms with Crippen molar-refractivity contribution >= 4 is 10.8 Å². The third-order valence-corrected chi connectivity index (χ3v) is 11.3. The van der Waals surface area contributed by atoms with Crippen LogP contribution in [0.25, 0.3) is 33.0 Å². The van der Waals surface area contributed by atoms with E-state index in [4.69, 9.17) is 4.74 Å². The maximum Gasteiger partial charge on any atom is 0.140 e. The Labute approximate surface area is 293 Å². The Morgan fingerprint density at radius 2 is 1.02 bits per heavy atom. The highest BCUT2D eigenvalue weighted by Crippen LogP contribution is 2.59. The molecule has 0 N–H and O–H groups in total. The maximum atomic E-state index is 7.04. The van der Waals surface area contributed by atoms with Crippen molar-refractivity contribution in [2.45, 2.75) is 17.8 Å². The van der Waals surface area contributed by atoms with Gasteiger partial charge in [-0.2, -0.15) is 0 Å². The van der Waals surface area contributed by atoms with Gasteiger partial charge in [-0.15, -0.1) is 0 Å². The van der Waals surface area contributed by atoms with Crippen molar-refractivity contribution in [3.8, 4) is 33.8 Å². The molecule has 1 heterocycles. The zero-order valence-electron chi connectivity index (χ0n) is 27.8. The van der Waals surface area contributed by atoms with Crippen LogP contribution in [0.4, 0.5) is 0 Å². The van der Waals surface area contributed by atoms with Gasteiger partial charge in [-0.3, -0.25) is 0 Å². The number of fused-ring (bicyclic) bond motifs is 7. The highest BCUT2D eigenvalue weighted by atomic mass is 16.5. The third kappa shape index (κ3) is 3.89. The second kappa shape index (κ2) is 10.9. The smallest absolute Gasteiger partial charge is 0.140 e. The molecule has 1 aliphatic heterocycles. The second-order valence-corrected chi connectivity index (χ2v) is 13.7. The fourth-order valence-corrected chi connectivity index (χ4v) is 9.06. The summed E-state index contributed by atoms with van der Waals surface area (Å²) in [6.45, 7) is 2.41. The van der Waals surface area contributed by atoms with Crippen molar-refractivity contribution in [1.82, 2.24) is 0 Å². The highest BCUT2D eigenvalue weighted by Gasteiger charge is 2.46. The fourth-order valence-electron chi connectivity index (χ4n) is 9.06. The van der Waals surface area contributed by atoms with Crippen molar-refractivity contribution in [3.63, 3.8) is 0 Å². The van der Waals surface area contributed by atoms with Gasteiger partial charge in [0, 0.05) is 22.1 Å². The van der Waals surface area contributed by atoms with Gasteiger partial charge in [0.05, 0.1) is 5.41 Å². The van der Waals surface area contributed by atoms with Gasteiger partial charge in [0.2, 0.25) is 0 Å². The molecule has 1 nitrogen and oxygen atoms in total. The molecular weight excluding hydrogens is 605 g/mol. The molecule has 1 atom stereocenters. The molecule has 1 unspecified atom stereocenters. The molecule has 0 fully saturated rings. The minimum atomic E-state index is -0.562. The van der Waals surface area contributed by atoms with E-state index in [2.05, 4.69) is 195 Å². The Bertz CT molecular complexity index is 2530. The Kier molecular flexibility index (Phi) is 6.29. The molecule has 1 heteroatoms. The number of rotatable bonds is 4. The first-order valence-corrected chi connectivity index (χ1v) is 17.4. The standard InChI is InChI=1S/C49H34O/c1-48(35-17-5-2-6-18-35)44-32-34(29-30-40(44)41-31-28-33-16-11-12-23-38(33)46(41)48)39-24-15-26-43-47(39)50-45-27-14-13-25-42(45)49(43,36-19-7-3-8-20-36)37-21-9-4-10-22-37/h2-32H,1H3. The van der Waals surface area contributed by atoms with Crippen LogP contribution in [0.15, 0.2) is 188 Å². The molecule has 0 spiro atoms. The molecule has 2 aliphatic rings. The predicted octanol–water partition coefficient (Wildman–Crippen LogP) is 12.3. The van der Waals surface area contributed by atoms with Crippen LogP contribution in [0.5, 0.6) is 11.5 Å². The molecule has 0 aromatic heterocycles. The average Bonchev–Trinajstić information content (AvgIpc) is 3.46. The van der Waals surface area contributed by atoms with Crippen LogP contribution in [0.2, 0.25) is 0 Å². The molecular formula is C49H34O. The fraction of sp³-hybridized carbons (Fsp3) is 0.0612. The quantitative estimate of drug-likeness (QED) is 0.186. The van der Waals surface area contributed by atoms with Gasteiger partial charge < -0.3 is 4.74 Å². The summed E-state index contributed by atoms with van der Waals surface area (Å²) in [6, 6.07) is 68.5. The van der Waals surface area contributed by atoms with Crippen LogP contribution in [-0.2, 0) is 10.8 Å². The first kappa shape index (κ1) is 28.8. The maximum absolute atomic E-state index is 7.04. The lowest BCUT2D eigenvalue weighted by atomic mass is 9.63. The third-order valence-electron chi connectivity index (χ3n) is 11.3. The summed E-state index contributed by atoms with van der Waals surface area (Å²) in [6.07, 6.45) is 0. The predicted molar refractivity (Wildman–Crippen MR) is 205 cm³/mol. The van der Waals surface area contributed by atoms with Gasteiger partial charge in [0.15, 0.2) is 0 Å². The molecule has 1 aliphatic carbocycles. The van der Waals surface area contributed by atoms with Crippen molar-refractivity contribution < 1.29 is 4.74 Å². The van der Waals surface area contributed by atoms with E-state index < -0.39 is 5.41 Å². The van der Waals surface area contributed by atoms with Crippen LogP contribution >= 0.6 is 0 Å². The highest BCUT2D eigenvalue weighted by molar-refractivity contribution is 5.99. The minimum Gasteiger partial charge on any atom is -0.456 e. The molecule has 8 aromatic carbocycles. The molecule has 50 heavy (non-hydrogen) atoms. The minimum absolute atomic E-state index is 0.344. The summed E-state index contributed by atoms with van der Waals surface area (Å²) in [5.74, 6) is 1.79. The molecule has 10 rings (SSSR count). The van der Waals surface area contributed by atoms with Crippen LogP contribution in [0.1, 0.15) is 45.9 Å². The molecule has 0 saturated carbocycles. The van der Waals surface area contributed by atoms with Gasteiger partial charge in [0.1, 0.15) is 11.5 Å². The van der Waals surface area contributed by atoms with Crippen LogP contribution in [-0.4, -0.2) is 0 Å². The van der Waals surface area contributed by atoms with E-state index >= 15 is 0 Å². The zero-order chi connectivity index (χ0) is 33.3. The van der Waals surface area contributed by atoms with Gasteiger partial charge >= 0.3 is 0 Å². The number of hydrogen-bond donors (Lipinski definition) is 0. The molecule has 0 amide bonds. The molecule has 0 bridgehead atoms. The molecule has 236 valence electrons. The SMILES string of the molecule is CC1(c2ccccc2)c2cc(-c3cccc4c3Oc3ccccc3C4(c3ccccc3)c3ccccc3)ccc2-c2ccc3ccccc3c21. The molecule has 8 aromatic rings. The van der Waals surface area contributed by atoms with E-state index in [9.17, 15) is 0 Å². The van der Waals surface area contributed by atoms with E-state index in [1.165, 1.54) is 49.7 Å². The first-order chi connectivity index (χ1) is 24.7. The summed E-state index contributed by atoms with van der Waals surface area (Å²) in [5.41, 5.74) is 12.6. The van der Waals surface area contributed by atoms with E-state index in [1.807, 2.05) is 0 Å². The summed E-state index contributed by atoms with van der Waals surface area (Å²) in [4.78, 5) is 0. The average molecular weight is 639 g/mol.